The van der Waals surface area contributed by atoms with Crippen molar-refractivity contribution in [1.82, 2.24) is 5.16 Å². The number of aromatic nitrogens is 1. The van der Waals surface area contributed by atoms with Gasteiger partial charge in [-0.15, -0.1) is 0 Å². The molecule has 162 valence electrons. The third kappa shape index (κ3) is 3.41. The van der Waals surface area contributed by atoms with Crippen LogP contribution in [-0.2, 0) is 9.53 Å². The fraction of sp³-hybridized carbons (Fsp3) is 0.240. The van der Waals surface area contributed by atoms with Gasteiger partial charge in [-0.25, -0.2) is 4.79 Å². The molecule has 2 heterocycles. The third-order valence-corrected chi connectivity index (χ3v) is 6.52. The molecule has 1 N–H and O–H groups in total. The van der Waals surface area contributed by atoms with Gasteiger partial charge in [0.2, 0.25) is 5.88 Å². The van der Waals surface area contributed by atoms with Gasteiger partial charge in [-0.05, 0) is 54.7 Å². The molecular weight excluding hydrogens is 428 g/mol. The van der Waals surface area contributed by atoms with Crippen LogP contribution in [0.1, 0.15) is 57.4 Å². The molecule has 7 heteroatoms. The van der Waals surface area contributed by atoms with E-state index < -0.39 is 5.97 Å². The Morgan fingerprint density at radius 2 is 1.78 bits per heavy atom. The number of esters is 1. The maximum atomic E-state index is 13.5. The maximum Gasteiger partial charge on any atom is 0.337 e. The molecule has 0 radical (unpaired) electrons. The van der Waals surface area contributed by atoms with Gasteiger partial charge in [0.25, 0.3) is 0 Å². The lowest BCUT2D eigenvalue weighted by Crippen LogP contribution is -2.29. The Balaban J connectivity index is 1.57. The lowest BCUT2D eigenvalue weighted by atomic mass is 9.72. The number of carbonyl (C=O) groups excluding carboxylic acids is 2. The molecule has 6 nitrogen and oxygen atoms in total. The number of ether oxygens (including phenoxy) is 1. The molecule has 0 unspecified atom stereocenters. The maximum absolute atomic E-state index is 13.5. The highest BCUT2D eigenvalue weighted by atomic mass is 35.5. The molecule has 2 aromatic carbocycles. The van der Waals surface area contributed by atoms with Gasteiger partial charge >= 0.3 is 5.97 Å². The molecule has 1 aliphatic carbocycles. The standard InChI is InChI=1S/C25H21ClN2O4/c1-13-21-22(15-3-5-16(6-4-15)25(30)31-2)23-19(27-24(21)32-28-13)11-17(12-20(23)29)14-7-9-18(26)10-8-14/h3-10,17,22,27H,11-12H2,1-2H3/t17-,22-/m1/s1. The largest absolute Gasteiger partial charge is 0.465 e. The second-order valence-corrected chi connectivity index (χ2v) is 8.59. The highest BCUT2D eigenvalue weighted by Crippen LogP contribution is 2.49. The van der Waals surface area contributed by atoms with Gasteiger partial charge in [0.1, 0.15) is 0 Å². The molecule has 0 fully saturated rings. The molecule has 32 heavy (non-hydrogen) atoms. The number of hydrogen-bond acceptors (Lipinski definition) is 6. The first-order valence-corrected chi connectivity index (χ1v) is 10.8. The Bertz CT molecular complexity index is 1240. The molecule has 0 saturated carbocycles. The molecule has 1 aromatic heterocycles. The minimum Gasteiger partial charge on any atom is -0.465 e. The Labute approximate surface area is 190 Å². The van der Waals surface area contributed by atoms with Crippen molar-refractivity contribution in [2.45, 2.75) is 31.6 Å². The van der Waals surface area contributed by atoms with E-state index in [9.17, 15) is 9.59 Å². The smallest absolute Gasteiger partial charge is 0.337 e. The van der Waals surface area contributed by atoms with Gasteiger partial charge in [-0.3, -0.25) is 4.79 Å². The monoisotopic (exact) mass is 448 g/mol. The second kappa shape index (κ2) is 7.95. The molecular formula is C25H21ClN2O4. The number of carbonyl (C=O) groups is 2. The number of fused-ring (bicyclic) bond motifs is 1. The minimum absolute atomic E-state index is 0.0546. The van der Waals surface area contributed by atoms with Gasteiger partial charge in [0.05, 0.1) is 23.9 Å². The molecule has 2 atom stereocenters. The summed E-state index contributed by atoms with van der Waals surface area (Å²) in [5, 5.41) is 8.14. The van der Waals surface area contributed by atoms with E-state index in [1.165, 1.54) is 7.11 Å². The van der Waals surface area contributed by atoms with E-state index in [4.69, 9.17) is 20.9 Å². The van der Waals surface area contributed by atoms with Crippen molar-refractivity contribution >= 4 is 29.2 Å². The average molecular weight is 449 g/mol. The summed E-state index contributed by atoms with van der Waals surface area (Å²) in [7, 11) is 1.35. The average Bonchev–Trinajstić information content (AvgIpc) is 3.18. The van der Waals surface area contributed by atoms with Crippen LogP contribution in [-0.4, -0.2) is 24.0 Å². The molecule has 2 aliphatic rings. The van der Waals surface area contributed by atoms with Crippen LogP contribution in [0, 0.1) is 6.92 Å². The summed E-state index contributed by atoms with van der Waals surface area (Å²) in [5.41, 5.74) is 5.61. The number of nitrogens with zero attached hydrogens (tertiary/aromatic N) is 1. The molecule has 0 amide bonds. The number of aryl methyl sites for hydroxylation is 1. The first-order valence-electron chi connectivity index (χ1n) is 10.4. The summed E-state index contributed by atoms with van der Waals surface area (Å²) in [6.45, 7) is 1.87. The van der Waals surface area contributed by atoms with Gasteiger partial charge < -0.3 is 14.6 Å². The fourth-order valence-electron chi connectivity index (χ4n) is 4.71. The van der Waals surface area contributed by atoms with Crippen LogP contribution in [0.5, 0.6) is 0 Å². The predicted molar refractivity (Wildman–Crippen MR) is 120 cm³/mol. The third-order valence-electron chi connectivity index (χ3n) is 6.26. The van der Waals surface area contributed by atoms with Crippen LogP contribution in [0.4, 0.5) is 5.88 Å². The van der Waals surface area contributed by atoms with Crippen molar-refractivity contribution in [2.75, 3.05) is 12.4 Å². The van der Waals surface area contributed by atoms with Crippen LogP contribution in [0.2, 0.25) is 5.02 Å². The number of allylic oxidation sites excluding steroid dienone is 2. The summed E-state index contributed by atoms with van der Waals surface area (Å²) < 4.78 is 10.4. The molecule has 0 bridgehead atoms. The van der Waals surface area contributed by atoms with Gasteiger partial charge in [-0.1, -0.05) is 41.0 Å². The highest BCUT2D eigenvalue weighted by Gasteiger charge is 2.41. The van der Waals surface area contributed by atoms with E-state index in [0.717, 1.165) is 33.7 Å². The van der Waals surface area contributed by atoms with Gasteiger partial charge in [0.15, 0.2) is 5.78 Å². The van der Waals surface area contributed by atoms with E-state index in [1.807, 2.05) is 43.3 Å². The van der Waals surface area contributed by atoms with Gasteiger partial charge in [0, 0.05) is 28.6 Å². The topological polar surface area (TPSA) is 81.4 Å². The fourth-order valence-corrected chi connectivity index (χ4v) is 4.83. The van der Waals surface area contributed by atoms with E-state index in [1.54, 1.807) is 12.1 Å². The second-order valence-electron chi connectivity index (χ2n) is 8.15. The molecule has 3 aromatic rings. The first-order chi connectivity index (χ1) is 15.5. The number of rotatable bonds is 3. The normalized spacial score (nSPS) is 19.8. The van der Waals surface area contributed by atoms with Crippen molar-refractivity contribution in [3.63, 3.8) is 0 Å². The molecule has 0 spiro atoms. The SMILES string of the molecule is COC(=O)c1ccc([C@H]2C3=C(C[C@@H](c4ccc(Cl)cc4)CC3=O)Nc3onc(C)c32)cc1. The summed E-state index contributed by atoms with van der Waals surface area (Å²) in [5.74, 6) is -0.000179. The van der Waals surface area contributed by atoms with Crippen LogP contribution in [0.15, 0.2) is 64.3 Å². The minimum atomic E-state index is -0.400. The van der Waals surface area contributed by atoms with Crippen LogP contribution in [0.3, 0.4) is 0 Å². The highest BCUT2D eigenvalue weighted by molar-refractivity contribution is 6.30. The van der Waals surface area contributed by atoms with Crippen molar-refractivity contribution in [1.29, 1.82) is 0 Å². The number of ketones is 1. The van der Waals surface area contributed by atoms with E-state index in [2.05, 4.69) is 10.5 Å². The number of nitrogens with one attached hydrogen (secondary N) is 1. The summed E-state index contributed by atoms with van der Waals surface area (Å²) in [6, 6.07) is 14.8. The number of halogens is 1. The Hall–Kier alpha value is -3.38. The van der Waals surface area contributed by atoms with Crippen molar-refractivity contribution < 1.29 is 18.8 Å². The van der Waals surface area contributed by atoms with Gasteiger partial charge in [-0.2, -0.15) is 0 Å². The zero-order valence-electron chi connectivity index (χ0n) is 17.6. The zero-order valence-corrected chi connectivity index (χ0v) is 18.4. The number of anilines is 1. The zero-order chi connectivity index (χ0) is 22.4. The number of benzene rings is 2. The van der Waals surface area contributed by atoms with Crippen LogP contribution >= 0.6 is 11.6 Å². The number of methoxy groups -OCH3 is 1. The first kappa shape index (κ1) is 20.5. The Morgan fingerprint density at radius 3 is 2.47 bits per heavy atom. The van der Waals surface area contributed by atoms with E-state index >= 15 is 0 Å². The molecule has 1 aliphatic heterocycles. The van der Waals surface area contributed by atoms with E-state index in [-0.39, 0.29) is 17.6 Å². The number of Topliss-reactive ketones (excluding diaryl/α,β-unsaturated/α-hetero) is 1. The van der Waals surface area contributed by atoms with Crippen molar-refractivity contribution in [2.24, 2.45) is 0 Å². The number of hydrogen-bond donors (Lipinski definition) is 1. The molecule has 5 rings (SSSR count). The predicted octanol–water partition coefficient (Wildman–Crippen LogP) is 5.38. The Morgan fingerprint density at radius 1 is 1.09 bits per heavy atom. The summed E-state index contributed by atoms with van der Waals surface area (Å²) in [4.78, 5) is 25.3. The lowest BCUT2D eigenvalue weighted by molar-refractivity contribution is -0.116. The van der Waals surface area contributed by atoms with Crippen molar-refractivity contribution in [3.8, 4) is 0 Å². The molecule has 0 saturated heterocycles. The van der Waals surface area contributed by atoms with E-state index in [0.29, 0.717) is 29.3 Å². The summed E-state index contributed by atoms with van der Waals surface area (Å²) in [6.07, 6.45) is 1.09. The van der Waals surface area contributed by atoms with Crippen molar-refractivity contribution in [3.05, 3.63) is 92.8 Å². The lowest BCUT2D eigenvalue weighted by Gasteiger charge is -2.34. The summed E-state index contributed by atoms with van der Waals surface area (Å²) >= 11 is 6.04. The quantitative estimate of drug-likeness (QED) is 0.541. The Kier molecular flexibility index (Phi) is 5.10. The van der Waals surface area contributed by atoms with Crippen LogP contribution in [0.25, 0.3) is 0 Å². The van der Waals surface area contributed by atoms with Crippen LogP contribution < -0.4 is 5.32 Å².